The molecule has 0 aliphatic carbocycles. The van der Waals surface area contributed by atoms with E-state index in [2.05, 4.69) is 14.9 Å². The van der Waals surface area contributed by atoms with Crippen molar-refractivity contribution in [3.8, 4) is 11.4 Å². The van der Waals surface area contributed by atoms with Gasteiger partial charge in [-0.3, -0.25) is 9.69 Å². The summed E-state index contributed by atoms with van der Waals surface area (Å²) in [4.78, 5) is 26.1. The highest BCUT2D eigenvalue weighted by molar-refractivity contribution is 8.12. The third kappa shape index (κ3) is 8.42. The van der Waals surface area contributed by atoms with E-state index in [-0.39, 0.29) is 17.8 Å². The average molecular weight is 608 g/mol. The Morgan fingerprint density at radius 3 is 2.19 bits per heavy atom. The van der Waals surface area contributed by atoms with Crippen molar-refractivity contribution in [2.75, 3.05) is 20.2 Å². The van der Waals surface area contributed by atoms with Crippen LogP contribution in [-0.2, 0) is 4.79 Å². The number of rotatable bonds is 11. The summed E-state index contributed by atoms with van der Waals surface area (Å²) in [5.74, 6) is 0.846. The molecule has 3 aromatic rings. The number of aromatic nitrogens is 2. The molecule has 23 heteroatoms. The van der Waals surface area contributed by atoms with Crippen LogP contribution in [0.2, 0.25) is 0 Å². The summed E-state index contributed by atoms with van der Waals surface area (Å²) < 4.78 is 20.9. The highest BCUT2D eigenvalue weighted by Gasteiger charge is 2.45. The van der Waals surface area contributed by atoms with Crippen LogP contribution in [0.4, 0.5) is 4.39 Å². The Kier molecular flexibility index (Phi) is 13.1. The van der Waals surface area contributed by atoms with Gasteiger partial charge >= 0.3 is 0 Å². The number of aryl methyl sites for hydroxylation is 1. The Labute approximate surface area is 297 Å². The number of benzene rings is 2. The Bertz CT molecular complexity index is 1620. The number of aliphatic imine (C=N–C) groups is 1. The lowest BCUT2D eigenvalue weighted by molar-refractivity contribution is -0.123. The summed E-state index contributed by atoms with van der Waals surface area (Å²) in [5, 5.41) is 0. The minimum absolute atomic E-state index is 0.163. The number of amides is 1. The van der Waals surface area contributed by atoms with Crippen molar-refractivity contribution < 1.29 is 13.9 Å². The summed E-state index contributed by atoms with van der Waals surface area (Å²) in [6.45, 7) is 5.31. The number of halogens is 1. The highest BCUT2D eigenvalue weighted by Crippen LogP contribution is 2.36. The Morgan fingerprint density at radius 2 is 1.67 bits per heavy atom. The van der Waals surface area contributed by atoms with Gasteiger partial charge in [0.15, 0.2) is 0 Å². The molecule has 2 aliphatic heterocycles. The fraction of sp³-hybridized carbons (Fsp3) is 0.240. The van der Waals surface area contributed by atoms with E-state index in [9.17, 15) is 9.18 Å². The topological polar surface area (TPSA) is 63.0 Å². The standard InChI is InChI=1S/C25H24FN5O2.B15/c1-4-29-14-22(18-6-8-19(26)9-7-18)31-24(32)20(28-25(29)31)11-17-5-10-21(23(12-17)33-3)30-13-16(2)27-15-30;1-9-13(8)15(12(6)7)14(10(2)3)11(4)5/h5-13,15,22H,4,14H2,1-3H3;/b20-11-;. The van der Waals surface area contributed by atoms with Gasteiger partial charge in [-0.05, 0) is 55.3 Å². The molecule has 1 fully saturated rings. The van der Waals surface area contributed by atoms with Crippen LogP contribution < -0.4 is 4.74 Å². The molecule has 5 rings (SSSR count). The number of imidazole rings is 1. The van der Waals surface area contributed by atoms with E-state index in [0.29, 0.717) is 24.0 Å². The quantitative estimate of drug-likeness (QED) is 0.192. The maximum atomic E-state index is 13.4. The second-order valence-corrected chi connectivity index (χ2v) is 11.7. The first-order valence-electron chi connectivity index (χ1n) is 15.5. The van der Waals surface area contributed by atoms with Gasteiger partial charge in [0.25, 0.3) is 5.91 Å². The monoisotopic (exact) mass is 610 g/mol. The van der Waals surface area contributed by atoms with Crippen LogP contribution in [-0.4, -0.2) is 159 Å². The van der Waals surface area contributed by atoms with Crippen LogP contribution in [0.3, 0.4) is 0 Å². The number of methoxy groups -OCH3 is 1. The van der Waals surface area contributed by atoms with Gasteiger partial charge in [-0.1, -0.05) is 18.2 Å². The van der Waals surface area contributed by atoms with Gasteiger partial charge < -0.3 is 14.2 Å². The summed E-state index contributed by atoms with van der Waals surface area (Å²) in [6.07, 6.45) is 1.66. The van der Waals surface area contributed by atoms with Gasteiger partial charge in [0.2, 0.25) is 5.96 Å². The molecular formula is C25H24B15FN5O2. The molecule has 1 atom stereocenters. The lowest BCUT2D eigenvalue weighted by Crippen LogP contribution is -2.73. The van der Waals surface area contributed by atoms with Gasteiger partial charge in [-0.25, -0.2) is 14.4 Å². The fourth-order valence-electron chi connectivity index (χ4n) is 5.98. The summed E-state index contributed by atoms with van der Waals surface area (Å²) >= 11 is 0. The normalized spacial score (nSPS) is 15.7. The van der Waals surface area contributed by atoms with E-state index in [0.717, 1.165) is 29.1 Å². The number of carbonyl (C=O) groups excluding carboxylic acids is 1. The van der Waals surface area contributed by atoms with Gasteiger partial charge in [0.1, 0.15) is 17.3 Å². The first kappa shape index (κ1) is 37.8. The number of ether oxygens (including phenoxy) is 1. The summed E-state index contributed by atoms with van der Waals surface area (Å²) in [6, 6.07) is 11.8. The second kappa shape index (κ2) is 16.6. The number of likely N-dealkylation sites (N-methyl/N-ethyl adjacent to an activating group) is 1. The molecule has 0 spiro atoms. The van der Waals surface area contributed by atoms with Crippen LogP contribution in [0.25, 0.3) is 11.8 Å². The molecule has 0 bridgehead atoms. The van der Waals surface area contributed by atoms with Gasteiger partial charge in [-0.15, -0.1) is 0 Å². The van der Waals surface area contributed by atoms with Crippen LogP contribution in [0, 0.1) is 12.7 Å². The lowest BCUT2D eigenvalue weighted by Gasteiger charge is -2.35. The maximum absolute atomic E-state index is 13.4. The zero-order valence-electron chi connectivity index (χ0n) is 27.4. The first-order chi connectivity index (χ1) is 22.8. The minimum atomic E-state index is -0.754. The van der Waals surface area contributed by atoms with E-state index in [1.807, 2.05) is 42.8 Å². The van der Waals surface area contributed by atoms with Gasteiger partial charge in [0.05, 0.1) is 30.9 Å². The van der Waals surface area contributed by atoms with Gasteiger partial charge in [0, 0.05) is 127 Å². The van der Waals surface area contributed by atoms with E-state index in [1.54, 1.807) is 36.5 Å². The SMILES string of the molecule is CCN1CC(c2ccc(F)cc2)N2C(=O)/C(=C/c3ccc(-n4cnc(C)c4)c(OC)c3)N=C12.[B][B]B([B])B(B([B])[B])B(B([B])[B])B([B])[B]. The predicted molar refractivity (Wildman–Crippen MR) is 210 cm³/mol. The average Bonchev–Trinajstić information content (AvgIpc) is 3.74. The number of hydrogen-bond donors (Lipinski definition) is 0. The zero-order chi connectivity index (χ0) is 35.3. The number of fused-ring (bicyclic) bond motifs is 1. The van der Waals surface area contributed by atoms with Gasteiger partial charge in [-0.2, -0.15) is 0 Å². The van der Waals surface area contributed by atoms with Crippen molar-refractivity contribution in [2.45, 2.75) is 19.9 Å². The molecule has 1 saturated heterocycles. The Morgan fingerprint density at radius 1 is 1.02 bits per heavy atom. The molecule has 3 heterocycles. The summed E-state index contributed by atoms with van der Waals surface area (Å²) in [5.41, 5.74) is 3.83. The minimum Gasteiger partial charge on any atom is -0.495 e. The first-order valence-corrected chi connectivity index (χ1v) is 15.5. The highest BCUT2D eigenvalue weighted by atomic mass is 19.1. The molecule has 0 saturated carbocycles. The molecule has 0 N–H and O–H groups in total. The predicted octanol–water partition coefficient (Wildman–Crippen LogP) is -1.77. The number of nitrogens with zero attached hydrogens (tertiary/aromatic N) is 5. The fourth-order valence-corrected chi connectivity index (χ4v) is 5.98. The van der Waals surface area contributed by atoms with Crippen LogP contribution in [0.5, 0.6) is 5.75 Å². The van der Waals surface area contributed by atoms with Crippen molar-refractivity contribution in [3.63, 3.8) is 0 Å². The number of carbonyl (C=O) groups is 1. The van der Waals surface area contributed by atoms with Crippen LogP contribution in [0.15, 0.2) is 65.7 Å². The van der Waals surface area contributed by atoms with Crippen LogP contribution >= 0.6 is 0 Å². The molecule has 17 radical (unpaired) electrons. The lowest BCUT2D eigenvalue weighted by atomic mass is 8.46. The van der Waals surface area contributed by atoms with Crippen molar-refractivity contribution in [1.29, 1.82) is 0 Å². The second-order valence-electron chi connectivity index (χ2n) is 11.7. The molecule has 48 heavy (non-hydrogen) atoms. The third-order valence-electron chi connectivity index (χ3n) is 8.44. The van der Waals surface area contributed by atoms with E-state index < -0.39 is 38.3 Å². The van der Waals surface area contributed by atoms with E-state index in [4.69, 9.17) is 66.6 Å². The summed E-state index contributed by atoms with van der Waals surface area (Å²) in [7, 11) is 47.4. The van der Waals surface area contributed by atoms with E-state index in [1.165, 1.54) is 19.2 Å². The number of hydrogen-bond acceptors (Lipinski definition) is 5. The van der Waals surface area contributed by atoms with Crippen LogP contribution in [0.1, 0.15) is 29.8 Å². The van der Waals surface area contributed by atoms with E-state index >= 15 is 0 Å². The molecule has 2 aromatic carbocycles. The smallest absolute Gasteiger partial charge is 0.279 e. The molecule has 213 valence electrons. The largest absolute Gasteiger partial charge is 0.495 e. The number of guanidine groups is 1. The molecule has 1 unspecified atom stereocenters. The van der Waals surface area contributed by atoms with Crippen molar-refractivity contribution in [3.05, 3.63) is 83.3 Å². The zero-order valence-corrected chi connectivity index (χ0v) is 27.4. The van der Waals surface area contributed by atoms with Crippen molar-refractivity contribution >= 4 is 125 Å². The molecule has 7 nitrogen and oxygen atoms in total. The Balaban J connectivity index is 0.000000295. The Hall–Kier alpha value is -2.97. The van der Waals surface area contributed by atoms with Crippen molar-refractivity contribution in [1.82, 2.24) is 19.4 Å². The van der Waals surface area contributed by atoms with Crippen molar-refractivity contribution in [2.24, 2.45) is 4.99 Å². The molecule has 2 aliphatic rings. The maximum Gasteiger partial charge on any atom is 0.279 e. The third-order valence-corrected chi connectivity index (χ3v) is 8.44. The molecular weight excluding hydrogens is 583 g/mol. The molecule has 1 amide bonds. The molecule has 1 aromatic heterocycles.